The molecule has 1 saturated carbocycles. The molecule has 6 bridgehead atoms. The van der Waals surface area contributed by atoms with Crippen LogP contribution in [-0.4, -0.2) is 119 Å². The molecule has 0 radical (unpaired) electrons. The third kappa shape index (κ3) is 8.40. The van der Waals surface area contributed by atoms with Crippen molar-refractivity contribution in [3.63, 3.8) is 0 Å². The average molecular weight is 867 g/mol. The average Bonchev–Trinajstić information content (AvgIpc) is 3.55. The van der Waals surface area contributed by atoms with Crippen molar-refractivity contribution in [1.29, 1.82) is 0 Å². The molecule has 15 heteroatoms. The molecule has 8 rings (SSSR count). The molecular weight excluding hydrogens is 805 g/mol. The highest BCUT2D eigenvalue weighted by Gasteiger charge is 2.60. The van der Waals surface area contributed by atoms with E-state index in [-0.39, 0.29) is 42.8 Å². The molecule has 0 spiro atoms. The number of carbonyl (C=O) groups excluding carboxylic acids is 4. The van der Waals surface area contributed by atoms with E-state index in [0.717, 1.165) is 57.8 Å². The van der Waals surface area contributed by atoms with E-state index >= 15 is 0 Å². The maximum absolute atomic E-state index is 14.6. The van der Waals surface area contributed by atoms with Crippen molar-refractivity contribution in [2.75, 3.05) is 47.4 Å². The lowest BCUT2D eigenvalue weighted by Gasteiger charge is -2.36. The quantitative estimate of drug-likeness (QED) is 0.207. The van der Waals surface area contributed by atoms with Gasteiger partial charge in [-0.05, 0) is 87.7 Å². The number of carbonyl (C=O) groups is 4. The number of benzene rings is 1. The molecule has 2 saturated heterocycles. The van der Waals surface area contributed by atoms with E-state index in [1.165, 1.54) is 16.3 Å². The minimum absolute atomic E-state index is 0.0169. The van der Waals surface area contributed by atoms with Crippen LogP contribution in [0.1, 0.15) is 76.8 Å². The number of aromatic nitrogens is 3. The van der Waals surface area contributed by atoms with E-state index in [9.17, 15) is 19.2 Å². The zero-order valence-corrected chi connectivity index (χ0v) is 38.4. The molecule has 0 unspecified atom stereocenters. The zero-order chi connectivity index (χ0) is 44.2. The second-order valence-electron chi connectivity index (χ2n) is 19.0. The fourth-order valence-corrected chi connectivity index (χ4v) is 11.1. The first-order chi connectivity index (χ1) is 29.6. The lowest BCUT2D eigenvalue weighted by Crippen LogP contribution is -2.62. The molecule has 4 aliphatic rings. The zero-order valence-electron chi connectivity index (χ0n) is 37.6. The van der Waals surface area contributed by atoms with Crippen molar-refractivity contribution >= 4 is 45.9 Å². The summed E-state index contributed by atoms with van der Waals surface area (Å²) in [4.78, 5) is 70.4. The standard InChI is InChI=1S/C47H62N8O6S/c1-10-54-37-16-15-28-19-30(37)31(42(54)29-13-11-17-48-40(29)27(4)60-9)21-47(5,6)25-61-46(59)34-14-12-18-55(51-34)44(57)35(20-38-49-36(28)24-62-38)50-43(56)41(26(2)3)53(8)45(58)39-32-22-52(7)23-33(32)39/h11,13,15-17,19,24,26-27,32-35,39,41,51H,10,12,14,18,20-23,25H2,1-9H3,(H,50,56)/t27-,32-,33+,34-,35-,39-,41-/m0/s1. The van der Waals surface area contributed by atoms with Crippen LogP contribution in [0.4, 0.5) is 0 Å². The highest BCUT2D eigenvalue weighted by molar-refractivity contribution is 7.10. The molecule has 1 aliphatic carbocycles. The molecule has 3 aromatic heterocycles. The molecule has 14 nitrogen and oxygen atoms in total. The number of methoxy groups -OCH3 is 1. The first-order valence-electron chi connectivity index (χ1n) is 22.2. The number of cyclic esters (lactones) is 1. The normalized spacial score (nSPS) is 24.9. The number of likely N-dealkylation sites (N-methyl/N-ethyl adjacent to an activating group) is 1. The van der Waals surface area contributed by atoms with Gasteiger partial charge in [-0.3, -0.25) is 29.2 Å². The van der Waals surface area contributed by atoms with Crippen LogP contribution in [0.2, 0.25) is 0 Å². The van der Waals surface area contributed by atoms with Crippen LogP contribution in [0.3, 0.4) is 0 Å². The van der Waals surface area contributed by atoms with E-state index in [1.54, 1.807) is 25.3 Å². The fraction of sp³-hybridized carbons (Fsp3) is 0.574. The van der Waals surface area contributed by atoms with Crippen LogP contribution in [0.5, 0.6) is 0 Å². The Balaban J connectivity index is 1.17. The summed E-state index contributed by atoms with van der Waals surface area (Å²) in [6, 6.07) is 7.94. The number of fused-ring (bicyclic) bond motifs is 7. The Kier molecular flexibility index (Phi) is 12.4. The molecule has 1 aromatic carbocycles. The van der Waals surface area contributed by atoms with Gasteiger partial charge in [0.1, 0.15) is 18.1 Å². The molecular formula is C47H62N8O6S. The Morgan fingerprint density at radius 3 is 2.61 bits per heavy atom. The van der Waals surface area contributed by atoms with Gasteiger partial charge in [0.25, 0.3) is 5.91 Å². The van der Waals surface area contributed by atoms with E-state index in [4.69, 9.17) is 19.4 Å². The number of piperidine rings is 1. The number of likely N-dealkylation sites (tertiary alicyclic amines) is 1. The van der Waals surface area contributed by atoms with Gasteiger partial charge >= 0.3 is 5.97 Å². The molecule has 332 valence electrons. The summed E-state index contributed by atoms with van der Waals surface area (Å²) in [5.74, 6) is -0.853. The first kappa shape index (κ1) is 43.9. The Labute approximate surface area is 368 Å². The summed E-state index contributed by atoms with van der Waals surface area (Å²) in [7, 11) is 5.48. The second-order valence-corrected chi connectivity index (χ2v) is 19.9. The predicted molar refractivity (Wildman–Crippen MR) is 239 cm³/mol. The molecule has 62 heavy (non-hydrogen) atoms. The number of pyridine rings is 1. The third-order valence-corrected chi connectivity index (χ3v) is 14.4. The molecule has 3 fully saturated rings. The number of thiazole rings is 1. The summed E-state index contributed by atoms with van der Waals surface area (Å²) in [5.41, 5.74) is 9.45. The number of aryl methyl sites for hydroxylation is 1. The highest BCUT2D eigenvalue weighted by atomic mass is 32.1. The Morgan fingerprint density at radius 2 is 1.90 bits per heavy atom. The van der Waals surface area contributed by atoms with Gasteiger partial charge in [0, 0.05) is 91.7 Å². The van der Waals surface area contributed by atoms with Crippen LogP contribution in [0.25, 0.3) is 33.4 Å². The summed E-state index contributed by atoms with van der Waals surface area (Å²) < 4.78 is 14.3. The van der Waals surface area contributed by atoms with Gasteiger partial charge in [0.2, 0.25) is 11.8 Å². The highest BCUT2D eigenvalue weighted by Crippen LogP contribution is 2.52. The van der Waals surface area contributed by atoms with Crippen molar-refractivity contribution in [2.45, 2.75) is 98.0 Å². The van der Waals surface area contributed by atoms with Gasteiger partial charge in [-0.15, -0.1) is 11.3 Å². The number of esters is 1. The maximum Gasteiger partial charge on any atom is 0.324 e. The molecule has 7 atom stereocenters. The first-order valence-corrected chi connectivity index (χ1v) is 23.1. The molecule has 6 heterocycles. The van der Waals surface area contributed by atoms with E-state index < -0.39 is 35.4 Å². The van der Waals surface area contributed by atoms with Gasteiger partial charge in [-0.1, -0.05) is 33.8 Å². The summed E-state index contributed by atoms with van der Waals surface area (Å²) in [6.07, 6.45) is 3.35. The number of amides is 3. The van der Waals surface area contributed by atoms with Gasteiger partial charge in [-0.25, -0.2) is 10.4 Å². The second kappa shape index (κ2) is 17.5. The van der Waals surface area contributed by atoms with Crippen molar-refractivity contribution < 1.29 is 28.7 Å². The SMILES string of the molecule is CCn1c(-c2cccnc2[C@H](C)OC)c2c3cc(ccc31)-c1csc(n1)C[C@H](NC(=O)[C@H](C(C)C)N(C)C(=O)[C@@H]1[C@@H]3CN(C)C[C@@H]31)C(=O)N1CCC[C@H](N1)C(=O)OCC(C)(C)C2. The number of nitrogens with zero attached hydrogens (tertiary/aromatic N) is 6. The molecule has 3 aliphatic heterocycles. The monoisotopic (exact) mass is 866 g/mol. The number of hydrogen-bond acceptors (Lipinski definition) is 11. The Bertz CT molecular complexity index is 2340. The van der Waals surface area contributed by atoms with Crippen LogP contribution in [-0.2, 0) is 48.0 Å². The fourth-order valence-electron chi connectivity index (χ4n) is 10.2. The number of ether oxygens (including phenoxy) is 2. The molecule has 3 amide bonds. The van der Waals surface area contributed by atoms with Gasteiger partial charge in [0.15, 0.2) is 0 Å². The van der Waals surface area contributed by atoms with E-state index in [0.29, 0.717) is 49.2 Å². The van der Waals surface area contributed by atoms with Gasteiger partial charge < -0.3 is 29.2 Å². The predicted octanol–water partition coefficient (Wildman–Crippen LogP) is 5.49. The lowest BCUT2D eigenvalue weighted by atomic mass is 9.84. The van der Waals surface area contributed by atoms with E-state index in [1.807, 2.05) is 32.2 Å². The largest absolute Gasteiger partial charge is 0.464 e. The minimum Gasteiger partial charge on any atom is -0.464 e. The number of rotatable bonds is 9. The summed E-state index contributed by atoms with van der Waals surface area (Å²) in [6.45, 7) is 15.2. The smallest absolute Gasteiger partial charge is 0.324 e. The molecule has 4 aromatic rings. The number of hydrazine groups is 1. The third-order valence-electron chi connectivity index (χ3n) is 13.5. The van der Waals surface area contributed by atoms with Crippen LogP contribution < -0.4 is 10.7 Å². The minimum atomic E-state index is -1.02. The van der Waals surface area contributed by atoms with Gasteiger partial charge in [-0.2, -0.15) is 0 Å². The summed E-state index contributed by atoms with van der Waals surface area (Å²) >= 11 is 1.44. The number of hydrogen-bond donors (Lipinski definition) is 2. The van der Waals surface area contributed by atoms with Gasteiger partial charge in [0.05, 0.1) is 34.8 Å². The topological polar surface area (TPSA) is 151 Å². The van der Waals surface area contributed by atoms with Crippen molar-refractivity contribution in [3.8, 4) is 22.5 Å². The maximum atomic E-state index is 14.6. The molecule has 2 N–H and O–H groups in total. The number of nitrogens with one attached hydrogen (secondary N) is 2. The lowest BCUT2D eigenvalue weighted by molar-refractivity contribution is -0.155. The summed E-state index contributed by atoms with van der Waals surface area (Å²) in [5, 5.41) is 8.28. The van der Waals surface area contributed by atoms with Crippen LogP contribution in [0.15, 0.2) is 41.9 Å². The van der Waals surface area contributed by atoms with Crippen LogP contribution in [0, 0.1) is 29.1 Å². The van der Waals surface area contributed by atoms with Crippen molar-refractivity contribution in [3.05, 3.63) is 58.2 Å². The Morgan fingerprint density at radius 1 is 1.15 bits per heavy atom. The Hall–Kier alpha value is -4.70. The van der Waals surface area contributed by atoms with Crippen LogP contribution >= 0.6 is 11.3 Å². The van der Waals surface area contributed by atoms with Crippen molar-refractivity contribution in [2.24, 2.45) is 29.1 Å². The van der Waals surface area contributed by atoms with Crippen molar-refractivity contribution in [1.82, 2.24) is 40.1 Å². The van der Waals surface area contributed by atoms with E-state index in [2.05, 4.69) is 72.3 Å².